The van der Waals surface area contributed by atoms with Crippen LogP contribution in [0.4, 0.5) is 11.4 Å². The van der Waals surface area contributed by atoms with Gasteiger partial charge >= 0.3 is 0 Å². The zero-order valence-electron chi connectivity index (χ0n) is 6.89. The molecule has 0 aliphatic rings. The third-order valence-corrected chi connectivity index (χ3v) is 2.02. The maximum atomic E-state index is 5.74. The number of rotatable bonds is 3. The molecule has 0 radical (unpaired) electrons. The topological polar surface area (TPSA) is 52.0 Å². The van der Waals surface area contributed by atoms with E-state index in [-0.39, 0.29) is 0 Å². The number of hydrogen-bond acceptors (Lipinski definition) is 2. The van der Waals surface area contributed by atoms with Crippen LogP contribution in [0.1, 0.15) is 12.0 Å². The van der Waals surface area contributed by atoms with Gasteiger partial charge in [0, 0.05) is 17.3 Å². The fraction of sp³-hybridized carbons (Fsp3) is 0.333. The number of benzene rings is 1. The number of nitrogen functional groups attached to an aromatic ring is 2. The molecule has 0 bridgehead atoms. The van der Waals surface area contributed by atoms with Gasteiger partial charge in [0.25, 0.3) is 0 Å². The van der Waals surface area contributed by atoms with Crippen molar-refractivity contribution >= 4 is 23.0 Å². The van der Waals surface area contributed by atoms with E-state index < -0.39 is 0 Å². The van der Waals surface area contributed by atoms with Gasteiger partial charge in [0.1, 0.15) is 0 Å². The Hall–Kier alpha value is -0.890. The molecule has 0 aliphatic heterocycles. The summed E-state index contributed by atoms with van der Waals surface area (Å²) in [5, 5.41) is 0. The molecular weight excluding hydrogens is 172 g/mol. The van der Waals surface area contributed by atoms with Crippen LogP contribution < -0.4 is 11.5 Å². The van der Waals surface area contributed by atoms with E-state index in [1.54, 1.807) is 6.07 Å². The lowest BCUT2D eigenvalue weighted by Crippen LogP contribution is -1.96. The number of alkyl halides is 1. The minimum atomic E-state index is 0.670. The van der Waals surface area contributed by atoms with Gasteiger partial charge in [0.15, 0.2) is 0 Å². The van der Waals surface area contributed by atoms with Crippen LogP contribution in [0, 0.1) is 0 Å². The summed E-state index contributed by atoms with van der Waals surface area (Å²) in [6.45, 7) is 0. The van der Waals surface area contributed by atoms with Crippen molar-refractivity contribution in [1.82, 2.24) is 0 Å². The Kier molecular flexibility index (Phi) is 3.23. The van der Waals surface area contributed by atoms with E-state index in [2.05, 4.69) is 0 Å². The van der Waals surface area contributed by atoms with Crippen LogP contribution >= 0.6 is 11.6 Å². The summed E-state index contributed by atoms with van der Waals surface area (Å²) in [7, 11) is 0. The van der Waals surface area contributed by atoms with Crippen LogP contribution in [0.5, 0.6) is 0 Å². The normalized spacial score (nSPS) is 10.1. The number of anilines is 2. The highest BCUT2D eigenvalue weighted by molar-refractivity contribution is 6.17. The minimum Gasteiger partial charge on any atom is -0.399 e. The van der Waals surface area contributed by atoms with Gasteiger partial charge < -0.3 is 11.5 Å². The second-order valence-corrected chi connectivity index (χ2v) is 3.13. The van der Waals surface area contributed by atoms with Crippen LogP contribution in [0.15, 0.2) is 18.2 Å². The van der Waals surface area contributed by atoms with Gasteiger partial charge in [0.2, 0.25) is 0 Å². The summed E-state index contributed by atoms with van der Waals surface area (Å²) < 4.78 is 0. The first-order valence-corrected chi connectivity index (χ1v) is 4.47. The Labute approximate surface area is 77.5 Å². The minimum absolute atomic E-state index is 0.670. The predicted octanol–water partition coefficient (Wildman–Crippen LogP) is 2.02. The molecule has 3 heteroatoms. The van der Waals surface area contributed by atoms with E-state index >= 15 is 0 Å². The average Bonchev–Trinajstić information content (AvgIpc) is 2.03. The first-order valence-electron chi connectivity index (χ1n) is 3.94. The van der Waals surface area contributed by atoms with Crippen LogP contribution in [0.3, 0.4) is 0 Å². The van der Waals surface area contributed by atoms with Gasteiger partial charge in [-0.05, 0) is 30.5 Å². The van der Waals surface area contributed by atoms with Crippen molar-refractivity contribution in [3.8, 4) is 0 Å². The molecular formula is C9H13ClN2. The molecule has 1 aromatic carbocycles. The number of hydrogen-bond donors (Lipinski definition) is 2. The largest absolute Gasteiger partial charge is 0.399 e. The smallest absolute Gasteiger partial charge is 0.0367 e. The molecule has 66 valence electrons. The SMILES string of the molecule is Nc1ccc(CCCCl)c(N)c1. The molecule has 12 heavy (non-hydrogen) atoms. The Morgan fingerprint density at radius 3 is 2.58 bits per heavy atom. The highest BCUT2D eigenvalue weighted by atomic mass is 35.5. The first-order chi connectivity index (χ1) is 5.74. The highest BCUT2D eigenvalue weighted by Crippen LogP contribution is 2.17. The summed E-state index contributed by atoms with van der Waals surface area (Å²) in [6, 6.07) is 5.60. The van der Waals surface area contributed by atoms with Gasteiger partial charge in [-0.2, -0.15) is 0 Å². The summed E-state index contributed by atoms with van der Waals surface area (Å²) in [5.41, 5.74) is 13.9. The van der Waals surface area contributed by atoms with Crippen molar-refractivity contribution in [2.45, 2.75) is 12.8 Å². The van der Waals surface area contributed by atoms with E-state index in [9.17, 15) is 0 Å². The Morgan fingerprint density at radius 2 is 2.00 bits per heavy atom. The van der Waals surface area contributed by atoms with Gasteiger partial charge in [-0.1, -0.05) is 6.07 Å². The second-order valence-electron chi connectivity index (χ2n) is 2.75. The molecule has 0 heterocycles. The van der Waals surface area contributed by atoms with Crippen molar-refractivity contribution in [1.29, 1.82) is 0 Å². The van der Waals surface area contributed by atoms with Crippen molar-refractivity contribution in [3.63, 3.8) is 0 Å². The van der Waals surface area contributed by atoms with Gasteiger partial charge in [-0.25, -0.2) is 0 Å². The number of halogens is 1. The van der Waals surface area contributed by atoms with Crippen molar-refractivity contribution in [2.75, 3.05) is 17.3 Å². The van der Waals surface area contributed by atoms with Crippen LogP contribution in [-0.4, -0.2) is 5.88 Å². The Bertz CT molecular complexity index is 261. The van der Waals surface area contributed by atoms with E-state index in [0.717, 1.165) is 24.1 Å². The summed E-state index contributed by atoms with van der Waals surface area (Å²) in [5.74, 6) is 0.670. The lowest BCUT2D eigenvalue weighted by molar-refractivity contribution is 0.931. The molecule has 0 aliphatic carbocycles. The second kappa shape index (κ2) is 4.21. The third kappa shape index (κ3) is 2.31. The lowest BCUT2D eigenvalue weighted by Gasteiger charge is -2.04. The maximum Gasteiger partial charge on any atom is 0.0367 e. The molecule has 0 aromatic heterocycles. The van der Waals surface area contributed by atoms with Crippen LogP contribution in [0.2, 0.25) is 0 Å². The molecule has 0 fully saturated rings. The molecule has 0 amide bonds. The van der Waals surface area contributed by atoms with E-state index in [1.807, 2.05) is 12.1 Å². The van der Waals surface area contributed by atoms with Gasteiger partial charge in [-0.3, -0.25) is 0 Å². The summed E-state index contributed by atoms with van der Waals surface area (Å²) >= 11 is 5.57. The fourth-order valence-electron chi connectivity index (χ4n) is 1.10. The highest BCUT2D eigenvalue weighted by Gasteiger charge is 1.98. The van der Waals surface area contributed by atoms with Crippen molar-refractivity contribution in [3.05, 3.63) is 23.8 Å². The molecule has 2 nitrogen and oxygen atoms in total. The van der Waals surface area contributed by atoms with Gasteiger partial charge in [-0.15, -0.1) is 11.6 Å². The van der Waals surface area contributed by atoms with Crippen molar-refractivity contribution in [2.24, 2.45) is 0 Å². The molecule has 0 spiro atoms. The van der Waals surface area contributed by atoms with E-state index in [0.29, 0.717) is 11.6 Å². The average molecular weight is 185 g/mol. The molecule has 1 aromatic rings. The Morgan fingerprint density at radius 1 is 1.25 bits per heavy atom. The molecule has 0 saturated heterocycles. The maximum absolute atomic E-state index is 5.74. The zero-order valence-corrected chi connectivity index (χ0v) is 7.64. The van der Waals surface area contributed by atoms with Crippen molar-refractivity contribution < 1.29 is 0 Å². The first kappa shape index (κ1) is 9.20. The molecule has 4 N–H and O–H groups in total. The number of aryl methyl sites for hydroxylation is 1. The lowest BCUT2D eigenvalue weighted by atomic mass is 10.1. The van der Waals surface area contributed by atoms with Crippen LogP contribution in [-0.2, 0) is 6.42 Å². The third-order valence-electron chi connectivity index (χ3n) is 1.75. The molecule has 0 unspecified atom stereocenters. The Balaban J connectivity index is 2.72. The number of nitrogens with two attached hydrogens (primary N) is 2. The predicted molar refractivity (Wildman–Crippen MR) is 54.3 cm³/mol. The summed E-state index contributed by atoms with van der Waals surface area (Å²) in [6.07, 6.45) is 1.88. The van der Waals surface area contributed by atoms with Gasteiger partial charge in [0.05, 0.1) is 0 Å². The molecule has 0 saturated carbocycles. The zero-order chi connectivity index (χ0) is 8.97. The fourth-order valence-corrected chi connectivity index (χ4v) is 1.23. The molecule has 1 rings (SSSR count). The van der Waals surface area contributed by atoms with Crippen LogP contribution in [0.25, 0.3) is 0 Å². The van der Waals surface area contributed by atoms with E-state index in [1.165, 1.54) is 0 Å². The monoisotopic (exact) mass is 184 g/mol. The quantitative estimate of drug-likeness (QED) is 0.558. The summed E-state index contributed by atoms with van der Waals surface area (Å²) in [4.78, 5) is 0. The van der Waals surface area contributed by atoms with E-state index in [4.69, 9.17) is 23.1 Å². The standard InChI is InChI=1S/C9H13ClN2/c10-5-1-2-7-3-4-8(11)6-9(7)12/h3-4,6H,1-2,5,11-12H2. The molecule has 0 atom stereocenters.